The zero-order valence-corrected chi connectivity index (χ0v) is 22.8. The molecule has 0 aliphatic heterocycles. The molecule has 0 fully saturated rings. The first kappa shape index (κ1) is 24.3. The number of hydrogen-bond donors (Lipinski definition) is 0. The van der Waals surface area contributed by atoms with Crippen LogP contribution < -0.4 is 21.2 Å². The second-order valence-corrected chi connectivity index (χ2v) is 14.1. The van der Waals surface area contributed by atoms with Crippen molar-refractivity contribution in [3.63, 3.8) is 0 Å². The molecule has 0 aromatic heterocycles. The molecule has 1 aliphatic carbocycles. The second kappa shape index (κ2) is 11.1. The predicted molar refractivity (Wildman–Crippen MR) is 162 cm³/mol. The largest absolute Gasteiger partial charge is 0.237 e. The summed E-state index contributed by atoms with van der Waals surface area (Å²) >= 11 is 0. The van der Waals surface area contributed by atoms with Gasteiger partial charge in [-0.05, 0) is 44.7 Å². The van der Waals surface area contributed by atoms with Gasteiger partial charge in [0.2, 0.25) is 0 Å². The Morgan fingerprint density at radius 2 is 0.838 bits per heavy atom. The molecule has 3 heteroatoms. The van der Waals surface area contributed by atoms with Crippen LogP contribution in [0.1, 0.15) is 24.1 Å². The Balaban J connectivity index is 1.64. The fourth-order valence-corrected chi connectivity index (χ4v) is 12.0. The Morgan fingerprint density at radius 3 is 1.24 bits per heavy atom. The molecule has 0 spiro atoms. The van der Waals surface area contributed by atoms with Crippen LogP contribution in [0.2, 0.25) is 0 Å². The SMILES string of the molecule is CC1Cc2ccccc2C1N(P(c1ccccc1)c1ccccc1)P(c1ccccc1)c1ccccc1. The number of rotatable bonds is 7. The van der Waals surface area contributed by atoms with Gasteiger partial charge in [0.15, 0.2) is 0 Å². The number of nitrogens with zero attached hydrogens (tertiary/aromatic N) is 1. The van der Waals surface area contributed by atoms with E-state index in [-0.39, 0.29) is 0 Å². The van der Waals surface area contributed by atoms with Crippen molar-refractivity contribution in [2.24, 2.45) is 5.92 Å². The molecule has 5 aromatic carbocycles. The van der Waals surface area contributed by atoms with Gasteiger partial charge in [-0.15, -0.1) is 0 Å². The molecule has 182 valence electrons. The van der Waals surface area contributed by atoms with E-state index in [0.29, 0.717) is 12.0 Å². The molecule has 2 atom stereocenters. The Bertz CT molecular complexity index is 1260. The minimum absolute atomic E-state index is 0.328. The monoisotopic (exact) mass is 515 g/mol. The van der Waals surface area contributed by atoms with Crippen LogP contribution in [0, 0.1) is 5.92 Å². The minimum atomic E-state index is -0.801. The molecule has 6 rings (SSSR count). The molecule has 0 heterocycles. The number of fused-ring (bicyclic) bond motifs is 1. The average Bonchev–Trinajstić information content (AvgIpc) is 3.30. The van der Waals surface area contributed by atoms with E-state index in [0.717, 1.165) is 6.42 Å². The summed E-state index contributed by atoms with van der Waals surface area (Å²) in [5.74, 6) is 0.521. The molecule has 0 saturated carbocycles. The Hall–Kier alpha value is -3.08. The van der Waals surface area contributed by atoms with Crippen LogP contribution in [0.25, 0.3) is 0 Å². The molecule has 2 unspecified atom stereocenters. The first-order valence-electron chi connectivity index (χ1n) is 13.0. The fourth-order valence-electron chi connectivity index (χ4n) is 5.51. The van der Waals surface area contributed by atoms with Crippen LogP contribution in [0.15, 0.2) is 146 Å². The zero-order valence-electron chi connectivity index (χ0n) is 21.1. The lowest BCUT2D eigenvalue weighted by atomic mass is 10.0. The van der Waals surface area contributed by atoms with Crippen LogP contribution in [-0.2, 0) is 6.42 Å². The van der Waals surface area contributed by atoms with Gasteiger partial charge in [-0.1, -0.05) is 153 Å². The highest BCUT2D eigenvalue weighted by Gasteiger charge is 2.43. The summed E-state index contributed by atoms with van der Waals surface area (Å²) in [5, 5.41) is 5.61. The molecule has 0 radical (unpaired) electrons. The maximum atomic E-state index is 2.94. The summed E-state index contributed by atoms with van der Waals surface area (Å²) < 4.78 is 2.94. The first-order valence-corrected chi connectivity index (χ1v) is 15.6. The highest BCUT2D eigenvalue weighted by molar-refractivity contribution is 7.84. The Kier molecular flexibility index (Phi) is 7.29. The summed E-state index contributed by atoms with van der Waals surface area (Å²) in [5.41, 5.74) is 2.99. The van der Waals surface area contributed by atoms with E-state index in [1.54, 1.807) is 0 Å². The lowest BCUT2D eigenvalue weighted by Crippen LogP contribution is -2.35. The molecule has 5 aromatic rings. The van der Waals surface area contributed by atoms with Gasteiger partial charge in [0.05, 0.1) is 0 Å². The van der Waals surface area contributed by atoms with E-state index in [2.05, 4.69) is 157 Å². The van der Waals surface area contributed by atoms with E-state index in [1.165, 1.54) is 32.3 Å². The minimum Gasteiger partial charge on any atom is -0.237 e. The highest BCUT2D eigenvalue weighted by atomic mass is 31.2. The predicted octanol–water partition coefficient (Wildman–Crippen LogP) is 7.32. The van der Waals surface area contributed by atoms with Crippen molar-refractivity contribution in [1.82, 2.24) is 4.44 Å². The smallest absolute Gasteiger partial charge is 0.0468 e. The van der Waals surface area contributed by atoms with Crippen molar-refractivity contribution >= 4 is 37.4 Å². The van der Waals surface area contributed by atoms with Gasteiger partial charge in [-0.3, -0.25) is 0 Å². The zero-order chi connectivity index (χ0) is 25.0. The second-order valence-electron chi connectivity index (χ2n) is 9.61. The van der Waals surface area contributed by atoms with Gasteiger partial charge in [-0.25, -0.2) is 4.44 Å². The summed E-state index contributed by atoms with van der Waals surface area (Å²) in [4.78, 5) is 0. The van der Waals surface area contributed by atoms with E-state index >= 15 is 0 Å². The van der Waals surface area contributed by atoms with Gasteiger partial charge in [0.25, 0.3) is 0 Å². The maximum absolute atomic E-state index is 2.94. The molecule has 1 aliphatic rings. The third-order valence-corrected chi connectivity index (χ3v) is 12.7. The molecule has 0 N–H and O–H groups in total. The Morgan fingerprint density at radius 1 is 0.486 bits per heavy atom. The number of benzene rings is 5. The van der Waals surface area contributed by atoms with Gasteiger partial charge in [-0.2, -0.15) is 0 Å². The van der Waals surface area contributed by atoms with Crippen LogP contribution in [-0.4, -0.2) is 4.44 Å². The quantitative estimate of drug-likeness (QED) is 0.205. The standard InChI is InChI=1S/C34H31NP2/c1-27-26-28-16-14-15-25-33(28)34(27)35(36(29-17-6-2-7-18-29)30-19-8-3-9-20-30)37(31-21-10-4-11-22-31)32-23-12-5-13-24-32/h2-25,27,34H,26H2,1H3. The van der Waals surface area contributed by atoms with Gasteiger partial charge in [0, 0.05) is 22.2 Å². The van der Waals surface area contributed by atoms with Gasteiger partial charge < -0.3 is 0 Å². The lowest BCUT2D eigenvalue weighted by molar-refractivity contribution is 0.396. The summed E-state index contributed by atoms with van der Waals surface area (Å²) in [6.07, 6.45) is 1.12. The van der Waals surface area contributed by atoms with E-state index < -0.39 is 16.1 Å². The third-order valence-electron chi connectivity index (χ3n) is 7.12. The summed E-state index contributed by atoms with van der Waals surface area (Å²) in [7, 11) is -1.60. The van der Waals surface area contributed by atoms with Crippen LogP contribution in [0.4, 0.5) is 0 Å². The van der Waals surface area contributed by atoms with E-state index in [4.69, 9.17) is 0 Å². The normalized spacial score (nSPS) is 16.9. The fraction of sp³-hybridized carbons (Fsp3) is 0.118. The van der Waals surface area contributed by atoms with Crippen LogP contribution >= 0.6 is 16.1 Å². The van der Waals surface area contributed by atoms with Crippen molar-refractivity contribution in [3.8, 4) is 0 Å². The average molecular weight is 516 g/mol. The molecule has 0 saturated heterocycles. The van der Waals surface area contributed by atoms with Crippen LogP contribution in [0.5, 0.6) is 0 Å². The lowest BCUT2D eigenvalue weighted by Gasteiger charge is -2.44. The van der Waals surface area contributed by atoms with E-state index in [9.17, 15) is 0 Å². The molecule has 1 nitrogen and oxygen atoms in total. The number of hydrogen-bond acceptors (Lipinski definition) is 1. The van der Waals surface area contributed by atoms with Crippen molar-refractivity contribution in [3.05, 3.63) is 157 Å². The molecular formula is C34H31NP2. The molecular weight excluding hydrogens is 484 g/mol. The molecule has 0 amide bonds. The van der Waals surface area contributed by atoms with Crippen molar-refractivity contribution in [2.45, 2.75) is 19.4 Å². The molecule has 0 bridgehead atoms. The van der Waals surface area contributed by atoms with E-state index in [1.807, 2.05) is 0 Å². The third kappa shape index (κ3) is 4.93. The van der Waals surface area contributed by atoms with Crippen molar-refractivity contribution in [1.29, 1.82) is 0 Å². The highest BCUT2D eigenvalue weighted by Crippen LogP contribution is 2.62. The topological polar surface area (TPSA) is 3.24 Å². The van der Waals surface area contributed by atoms with Crippen LogP contribution in [0.3, 0.4) is 0 Å². The van der Waals surface area contributed by atoms with Crippen molar-refractivity contribution in [2.75, 3.05) is 0 Å². The molecule has 37 heavy (non-hydrogen) atoms. The van der Waals surface area contributed by atoms with Gasteiger partial charge in [0.1, 0.15) is 0 Å². The summed E-state index contributed by atoms with van der Waals surface area (Å²) in [6, 6.07) is 54.3. The summed E-state index contributed by atoms with van der Waals surface area (Å²) in [6.45, 7) is 2.45. The first-order chi connectivity index (χ1) is 18.3. The Labute approximate surface area is 223 Å². The maximum Gasteiger partial charge on any atom is 0.0468 e. The van der Waals surface area contributed by atoms with Crippen molar-refractivity contribution < 1.29 is 0 Å². The van der Waals surface area contributed by atoms with Gasteiger partial charge >= 0.3 is 0 Å².